The average molecular weight is 374 g/mol. The van der Waals surface area contributed by atoms with E-state index in [2.05, 4.69) is 11.6 Å². The Balaban J connectivity index is 2.39. The normalized spacial score (nSPS) is 11.4. The van der Waals surface area contributed by atoms with E-state index in [0.717, 1.165) is 21.3 Å². The Labute approximate surface area is 154 Å². The fraction of sp³-hybridized carbons (Fsp3) is 0.316. The van der Waals surface area contributed by atoms with Gasteiger partial charge in [0.2, 0.25) is 0 Å². The van der Waals surface area contributed by atoms with Crippen LogP contribution in [0.1, 0.15) is 20.3 Å². The average Bonchev–Trinajstić information content (AvgIpc) is 3.00. The summed E-state index contributed by atoms with van der Waals surface area (Å²) in [5.41, 5.74) is -1.16. The van der Waals surface area contributed by atoms with Gasteiger partial charge in [-0.3, -0.25) is 9.36 Å². The third-order valence-electron chi connectivity index (χ3n) is 4.31. The van der Waals surface area contributed by atoms with Crippen molar-refractivity contribution in [2.24, 2.45) is 5.92 Å². The lowest BCUT2D eigenvalue weighted by molar-refractivity contribution is 0.490. The minimum absolute atomic E-state index is 0.0261. The van der Waals surface area contributed by atoms with Crippen LogP contribution < -0.4 is 11.2 Å². The first-order valence-corrected chi connectivity index (χ1v) is 8.62. The van der Waals surface area contributed by atoms with Crippen molar-refractivity contribution >= 4 is 11.2 Å². The lowest BCUT2D eigenvalue weighted by Crippen LogP contribution is -2.40. The van der Waals surface area contributed by atoms with Gasteiger partial charge in [0.1, 0.15) is 11.6 Å². The second kappa shape index (κ2) is 7.30. The molecule has 27 heavy (non-hydrogen) atoms. The van der Waals surface area contributed by atoms with Crippen molar-refractivity contribution in [2.75, 3.05) is 0 Å². The van der Waals surface area contributed by atoms with Gasteiger partial charge in [-0.2, -0.15) is 0 Å². The molecule has 8 heteroatoms. The van der Waals surface area contributed by atoms with E-state index >= 15 is 0 Å². The molecule has 2 aromatic heterocycles. The van der Waals surface area contributed by atoms with Gasteiger partial charge in [0.15, 0.2) is 11.2 Å². The van der Waals surface area contributed by atoms with E-state index < -0.39 is 22.9 Å². The number of nitrogens with zero attached hydrogens (tertiary/aromatic N) is 4. The van der Waals surface area contributed by atoms with Crippen molar-refractivity contribution in [1.29, 1.82) is 0 Å². The molecule has 0 N–H and O–H groups in total. The molecule has 0 aliphatic rings. The molecular weight excluding hydrogens is 354 g/mol. The van der Waals surface area contributed by atoms with E-state index in [1.165, 1.54) is 6.33 Å². The number of imidazole rings is 1. The van der Waals surface area contributed by atoms with Crippen LogP contribution in [0.25, 0.3) is 16.9 Å². The minimum atomic E-state index is -0.911. The number of hydrogen-bond donors (Lipinski definition) is 0. The van der Waals surface area contributed by atoms with E-state index in [1.54, 1.807) is 10.6 Å². The number of halogens is 2. The van der Waals surface area contributed by atoms with Crippen LogP contribution in [0.2, 0.25) is 0 Å². The summed E-state index contributed by atoms with van der Waals surface area (Å²) >= 11 is 0. The molecule has 0 atom stereocenters. The van der Waals surface area contributed by atoms with Crippen LogP contribution >= 0.6 is 0 Å². The number of hydrogen-bond acceptors (Lipinski definition) is 3. The number of fused-ring (bicyclic) bond motifs is 1. The highest BCUT2D eigenvalue weighted by Crippen LogP contribution is 2.17. The van der Waals surface area contributed by atoms with E-state index in [0.29, 0.717) is 19.0 Å². The topological polar surface area (TPSA) is 61.8 Å². The summed E-state index contributed by atoms with van der Waals surface area (Å²) in [5.74, 6) is -1.40. The largest absolute Gasteiger partial charge is 0.337 e. The maximum Gasteiger partial charge on any atom is 0.337 e. The van der Waals surface area contributed by atoms with Crippen LogP contribution in [-0.2, 0) is 13.1 Å². The van der Waals surface area contributed by atoms with Gasteiger partial charge in [0.25, 0.3) is 5.56 Å². The van der Waals surface area contributed by atoms with Gasteiger partial charge in [-0.15, -0.1) is 6.58 Å². The monoisotopic (exact) mass is 374 g/mol. The van der Waals surface area contributed by atoms with Gasteiger partial charge in [-0.05, 0) is 24.5 Å². The molecular formula is C19H20F2N4O2. The molecule has 0 aliphatic carbocycles. The Kier molecular flexibility index (Phi) is 5.07. The first-order chi connectivity index (χ1) is 12.8. The maximum absolute atomic E-state index is 14.4. The zero-order valence-electron chi connectivity index (χ0n) is 15.2. The molecule has 3 aromatic rings. The molecule has 2 heterocycles. The molecule has 0 aliphatic heterocycles. The van der Waals surface area contributed by atoms with E-state index in [1.807, 2.05) is 13.8 Å². The van der Waals surface area contributed by atoms with Crippen molar-refractivity contribution in [1.82, 2.24) is 18.7 Å². The second-order valence-corrected chi connectivity index (χ2v) is 6.71. The summed E-state index contributed by atoms with van der Waals surface area (Å²) in [5, 5.41) is 0. The Bertz CT molecular complexity index is 1130. The quantitative estimate of drug-likeness (QED) is 0.624. The minimum Gasteiger partial charge on any atom is -0.321 e. The van der Waals surface area contributed by atoms with Crippen molar-refractivity contribution < 1.29 is 8.78 Å². The van der Waals surface area contributed by atoms with Crippen LogP contribution in [0.4, 0.5) is 8.78 Å². The number of rotatable bonds is 6. The summed E-state index contributed by atoms with van der Waals surface area (Å²) in [7, 11) is 0. The third-order valence-corrected chi connectivity index (χ3v) is 4.31. The molecule has 1 aromatic carbocycles. The van der Waals surface area contributed by atoms with Gasteiger partial charge < -0.3 is 4.57 Å². The standard InChI is InChI=1S/C19H20F2N4O2/c1-4-8-23-11-22-17-16(23)18(26)24(9-7-12(2)3)19(27)25(17)15-6-5-13(20)10-14(15)21/h4-6,10-12H,1,7-9H2,2-3H3. The Morgan fingerprint density at radius 2 is 2.00 bits per heavy atom. The van der Waals surface area contributed by atoms with Crippen LogP contribution in [0.3, 0.4) is 0 Å². The second-order valence-electron chi connectivity index (χ2n) is 6.71. The van der Waals surface area contributed by atoms with E-state index in [9.17, 15) is 18.4 Å². The third kappa shape index (κ3) is 3.34. The number of aromatic nitrogens is 4. The van der Waals surface area contributed by atoms with E-state index in [-0.39, 0.29) is 29.3 Å². The molecule has 0 fully saturated rings. The van der Waals surface area contributed by atoms with Crippen LogP contribution in [0.15, 0.2) is 46.8 Å². The molecule has 3 rings (SSSR count). The zero-order chi connectivity index (χ0) is 19.7. The molecule has 0 saturated carbocycles. The summed E-state index contributed by atoms with van der Waals surface area (Å²) in [6, 6.07) is 2.91. The fourth-order valence-electron chi connectivity index (χ4n) is 2.92. The summed E-state index contributed by atoms with van der Waals surface area (Å²) in [4.78, 5) is 30.1. The predicted molar refractivity (Wildman–Crippen MR) is 99.2 cm³/mol. The molecule has 0 saturated heterocycles. The van der Waals surface area contributed by atoms with Gasteiger partial charge in [-0.25, -0.2) is 23.1 Å². The molecule has 0 radical (unpaired) electrons. The highest BCUT2D eigenvalue weighted by atomic mass is 19.1. The van der Waals surface area contributed by atoms with Gasteiger partial charge in [-0.1, -0.05) is 19.9 Å². The summed E-state index contributed by atoms with van der Waals surface area (Å²) < 4.78 is 31.4. The van der Waals surface area contributed by atoms with Crippen molar-refractivity contribution in [3.05, 3.63) is 69.7 Å². The highest BCUT2D eigenvalue weighted by Gasteiger charge is 2.21. The maximum atomic E-state index is 14.4. The molecule has 6 nitrogen and oxygen atoms in total. The first kappa shape index (κ1) is 18.8. The van der Waals surface area contributed by atoms with Gasteiger partial charge in [0.05, 0.1) is 12.0 Å². The molecule has 0 amide bonds. The zero-order valence-corrected chi connectivity index (χ0v) is 15.2. The molecule has 0 unspecified atom stereocenters. The van der Waals surface area contributed by atoms with Crippen LogP contribution in [0.5, 0.6) is 0 Å². The Hall–Kier alpha value is -3.03. The molecule has 142 valence electrons. The molecule has 0 spiro atoms. The van der Waals surface area contributed by atoms with Crippen LogP contribution in [0, 0.1) is 17.6 Å². The predicted octanol–water partition coefficient (Wildman–Crippen LogP) is 2.86. The van der Waals surface area contributed by atoms with Crippen LogP contribution in [-0.4, -0.2) is 18.7 Å². The molecule has 0 bridgehead atoms. The van der Waals surface area contributed by atoms with Gasteiger partial charge in [0, 0.05) is 19.2 Å². The lowest BCUT2D eigenvalue weighted by atomic mass is 10.1. The summed E-state index contributed by atoms with van der Waals surface area (Å²) in [6.07, 6.45) is 3.59. The number of benzene rings is 1. The highest BCUT2D eigenvalue weighted by molar-refractivity contribution is 5.72. The van der Waals surface area contributed by atoms with E-state index in [4.69, 9.17) is 0 Å². The van der Waals surface area contributed by atoms with Crippen molar-refractivity contribution in [2.45, 2.75) is 33.4 Å². The first-order valence-electron chi connectivity index (χ1n) is 8.62. The van der Waals surface area contributed by atoms with Gasteiger partial charge >= 0.3 is 5.69 Å². The summed E-state index contributed by atoms with van der Waals surface area (Å²) in [6.45, 7) is 8.09. The number of allylic oxidation sites excluding steroid dienone is 1. The Morgan fingerprint density at radius 1 is 1.26 bits per heavy atom. The smallest absolute Gasteiger partial charge is 0.321 e. The lowest BCUT2D eigenvalue weighted by Gasteiger charge is -2.13. The van der Waals surface area contributed by atoms with Crippen molar-refractivity contribution in [3.8, 4) is 5.69 Å². The van der Waals surface area contributed by atoms with Crippen molar-refractivity contribution in [3.63, 3.8) is 0 Å². The fourth-order valence-corrected chi connectivity index (χ4v) is 2.92. The Morgan fingerprint density at radius 3 is 2.63 bits per heavy atom. The SMILES string of the molecule is C=CCn1cnc2c1c(=O)n(CCC(C)C)c(=O)n2-c1ccc(F)cc1F.